The predicted molar refractivity (Wildman–Crippen MR) is 102 cm³/mol. The standard InChI is InChI=1S/C18H18ClN3O4S/c19-13-5-9-15(10-6-13)27(25,26)22-11-1-2-16(22)18(24)21-14-7-3-12(4-8-14)17(20)23/h3-10,16H,1-2,11H2,(H2,20,23)(H,21,24)/t16-/m0/s1. The summed E-state index contributed by atoms with van der Waals surface area (Å²) >= 11 is 5.82. The summed E-state index contributed by atoms with van der Waals surface area (Å²) in [5, 5.41) is 3.13. The molecule has 0 spiro atoms. The van der Waals surface area contributed by atoms with Gasteiger partial charge in [-0.1, -0.05) is 11.6 Å². The monoisotopic (exact) mass is 407 g/mol. The second kappa shape index (κ2) is 7.67. The number of benzene rings is 2. The lowest BCUT2D eigenvalue weighted by molar-refractivity contribution is -0.119. The van der Waals surface area contributed by atoms with Gasteiger partial charge in [0.25, 0.3) is 0 Å². The summed E-state index contributed by atoms with van der Waals surface area (Å²) in [4.78, 5) is 23.8. The molecule has 1 heterocycles. The molecule has 0 aromatic heterocycles. The number of anilines is 1. The molecule has 9 heteroatoms. The zero-order chi connectivity index (χ0) is 19.6. The summed E-state index contributed by atoms with van der Waals surface area (Å²) in [5.41, 5.74) is 5.97. The van der Waals surface area contributed by atoms with Crippen molar-refractivity contribution in [2.45, 2.75) is 23.8 Å². The van der Waals surface area contributed by atoms with Crippen LogP contribution in [0.15, 0.2) is 53.4 Å². The number of halogens is 1. The molecule has 1 saturated heterocycles. The van der Waals surface area contributed by atoms with E-state index in [1.807, 2.05) is 0 Å². The molecule has 3 rings (SSSR count). The third-order valence-corrected chi connectivity index (χ3v) is 6.54. The first-order chi connectivity index (χ1) is 12.8. The Kier molecular flexibility index (Phi) is 5.50. The smallest absolute Gasteiger partial charge is 0.248 e. The molecule has 1 aliphatic heterocycles. The van der Waals surface area contributed by atoms with Crippen LogP contribution in [0.3, 0.4) is 0 Å². The topological polar surface area (TPSA) is 110 Å². The van der Waals surface area contributed by atoms with Crippen LogP contribution in [0, 0.1) is 0 Å². The van der Waals surface area contributed by atoms with E-state index < -0.39 is 27.9 Å². The van der Waals surface area contributed by atoms with Gasteiger partial charge in [0, 0.05) is 22.8 Å². The first-order valence-electron chi connectivity index (χ1n) is 8.27. The first kappa shape index (κ1) is 19.3. The highest BCUT2D eigenvalue weighted by atomic mass is 35.5. The minimum atomic E-state index is -3.81. The molecule has 3 N–H and O–H groups in total. The van der Waals surface area contributed by atoms with Crippen molar-refractivity contribution >= 4 is 39.1 Å². The molecule has 27 heavy (non-hydrogen) atoms. The van der Waals surface area contributed by atoms with E-state index >= 15 is 0 Å². The molecule has 0 radical (unpaired) electrons. The number of carbonyl (C=O) groups is 2. The van der Waals surface area contributed by atoms with Gasteiger partial charge in [-0.3, -0.25) is 9.59 Å². The predicted octanol–water partition coefficient (Wildman–Crippen LogP) is 2.23. The van der Waals surface area contributed by atoms with E-state index in [4.69, 9.17) is 17.3 Å². The minimum absolute atomic E-state index is 0.0948. The van der Waals surface area contributed by atoms with Crippen molar-refractivity contribution in [1.29, 1.82) is 0 Å². The molecule has 1 aliphatic rings. The largest absolute Gasteiger partial charge is 0.366 e. The van der Waals surface area contributed by atoms with E-state index in [-0.39, 0.29) is 11.4 Å². The summed E-state index contributed by atoms with van der Waals surface area (Å²) in [6.45, 7) is 0.268. The fourth-order valence-corrected chi connectivity index (χ4v) is 4.76. The SMILES string of the molecule is NC(=O)c1ccc(NC(=O)[C@@H]2CCCN2S(=O)(=O)c2ccc(Cl)cc2)cc1. The Morgan fingerprint density at radius 1 is 1.07 bits per heavy atom. The van der Waals surface area contributed by atoms with Gasteiger partial charge in [0.05, 0.1) is 4.90 Å². The van der Waals surface area contributed by atoms with Gasteiger partial charge >= 0.3 is 0 Å². The number of sulfonamides is 1. The maximum Gasteiger partial charge on any atom is 0.248 e. The van der Waals surface area contributed by atoms with Gasteiger partial charge in [-0.05, 0) is 61.4 Å². The molecule has 2 aromatic carbocycles. The van der Waals surface area contributed by atoms with E-state index in [9.17, 15) is 18.0 Å². The highest BCUT2D eigenvalue weighted by Crippen LogP contribution is 2.27. The number of primary amides is 1. The number of nitrogens with two attached hydrogens (primary N) is 1. The molecule has 0 unspecified atom stereocenters. The molecule has 2 amide bonds. The van der Waals surface area contributed by atoms with Crippen LogP contribution in [0.25, 0.3) is 0 Å². The van der Waals surface area contributed by atoms with Crippen LogP contribution >= 0.6 is 11.6 Å². The number of nitrogens with zero attached hydrogens (tertiary/aromatic N) is 1. The molecule has 7 nitrogen and oxygen atoms in total. The average Bonchev–Trinajstić information content (AvgIpc) is 3.13. The summed E-state index contributed by atoms with van der Waals surface area (Å²) in [5.74, 6) is -0.985. The number of amides is 2. The van der Waals surface area contributed by atoms with Crippen LogP contribution in [0.4, 0.5) is 5.69 Å². The van der Waals surface area contributed by atoms with E-state index in [1.54, 1.807) is 12.1 Å². The van der Waals surface area contributed by atoms with E-state index in [2.05, 4.69) is 5.32 Å². The van der Waals surface area contributed by atoms with Crippen LogP contribution < -0.4 is 11.1 Å². The lowest BCUT2D eigenvalue weighted by Gasteiger charge is -2.23. The zero-order valence-corrected chi connectivity index (χ0v) is 15.8. The number of nitrogens with one attached hydrogen (secondary N) is 1. The third-order valence-electron chi connectivity index (χ3n) is 4.36. The zero-order valence-electron chi connectivity index (χ0n) is 14.3. The van der Waals surface area contributed by atoms with Crippen molar-refractivity contribution < 1.29 is 18.0 Å². The van der Waals surface area contributed by atoms with E-state index in [0.717, 1.165) is 0 Å². The molecular weight excluding hydrogens is 390 g/mol. The second-order valence-electron chi connectivity index (χ2n) is 6.16. The molecule has 0 aliphatic carbocycles. The Hall–Kier alpha value is -2.42. The maximum absolute atomic E-state index is 12.9. The van der Waals surface area contributed by atoms with Gasteiger partial charge < -0.3 is 11.1 Å². The van der Waals surface area contributed by atoms with Gasteiger partial charge in [-0.25, -0.2) is 8.42 Å². The van der Waals surface area contributed by atoms with Crippen molar-refractivity contribution in [3.8, 4) is 0 Å². The molecule has 2 aromatic rings. The second-order valence-corrected chi connectivity index (χ2v) is 8.49. The Labute approximate surface area is 162 Å². The van der Waals surface area contributed by atoms with Crippen molar-refractivity contribution in [3.63, 3.8) is 0 Å². The van der Waals surface area contributed by atoms with Crippen LogP contribution in [-0.2, 0) is 14.8 Å². The van der Waals surface area contributed by atoms with Gasteiger partial charge in [0.15, 0.2) is 0 Å². The Balaban J connectivity index is 1.78. The molecule has 1 atom stereocenters. The van der Waals surface area contributed by atoms with E-state index in [0.29, 0.717) is 29.1 Å². The molecule has 1 fully saturated rings. The molecular formula is C18H18ClN3O4S. The Morgan fingerprint density at radius 3 is 2.30 bits per heavy atom. The van der Waals surface area contributed by atoms with Crippen molar-refractivity contribution in [3.05, 3.63) is 59.1 Å². The van der Waals surface area contributed by atoms with Crippen LogP contribution in [0.2, 0.25) is 5.02 Å². The maximum atomic E-state index is 12.9. The normalized spacial score (nSPS) is 17.6. The van der Waals surface area contributed by atoms with E-state index in [1.165, 1.54) is 40.7 Å². The van der Waals surface area contributed by atoms with Crippen LogP contribution in [0.1, 0.15) is 23.2 Å². The summed E-state index contributed by atoms with van der Waals surface area (Å²) in [6, 6.07) is 11.1. The quantitative estimate of drug-likeness (QED) is 0.791. The Morgan fingerprint density at radius 2 is 1.70 bits per heavy atom. The van der Waals surface area contributed by atoms with Crippen molar-refractivity contribution in [1.82, 2.24) is 4.31 Å². The lowest BCUT2D eigenvalue weighted by Crippen LogP contribution is -2.43. The van der Waals surface area contributed by atoms with Crippen LogP contribution in [0.5, 0.6) is 0 Å². The molecule has 0 saturated carbocycles. The number of hydrogen-bond acceptors (Lipinski definition) is 4. The van der Waals surface area contributed by atoms with Gasteiger partial charge in [0.2, 0.25) is 21.8 Å². The van der Waals surface area contributed by atoms with Gasteiger partial charge in [0.1, 0.15) is 6.04 Å². The molecule has 142 valence electrons. The number of carbonyl (C=O) groups excluding carboxylic acids is 2. The summed E-state index contributed by atoms with van der Waals surface area (Å²) < 4.78 is 27.0. The summed E-state index contributed by atoms with van der Waals surface area (Å²) in [7, 11) is -3.81. The fraction of sp³-hybridized carbons (Fsp3) is 0.222. The third kappa shape index (κ3) is 4.13. The van der Waals surface area contributed by atoms with Crippen LogP contribution in [-0.4, -0.2) is 37.1 Å². The minimum Gasteiger partial charge on any atom is -0.366 e. The lowest BCUT2D eigenvalue weighted by atomic mass is 10.2. The number of hydrogen-bond donors (Lipinski definition) is 2. The van der Waals surface area contributed by atoms with Gasteiger partial charge in [-0.15, -0.1) is 0 Å². The highest BCUT2D eigenvalue weighted by molar-refractivity contribution is 7.89. The average molecular weight is 408 g/mol. The summed E-state index contributed by atoms with van der Waals surface area (Å²) in [6.07, 6.45) is 1.02. The number of rotatable bonds is 5. The fourth-order valence-electron chi connectivity index (χ4n) is 2.98. The first-order valence-corrected chi connectivity index (χ1v) is 10.1. The Bertz CT molecular complexity index is 959. The van der Waals surface area contributed by atoms with Crippen molar-refractivity contribution in [2.24, 2.45) is 5.73 Å². The highest BCUT2D eigenvalue weighted by Gasteiger charge is 2.39. The van der Waals surface area contributed by atoms with Crippen molar-refractivity contribution in [2.75, 3.05) is 11.9 Å². The van der Waals surface area contributed by atoms with Gasteiger partial charge in [-0.2, -0.15) is 4.31 Å². The molecule has 0 bridgehead atoms.